The second-order valence-electron chi connectivity index (χ2n) is 7.88. The third-order valence-electron chi connectivity index (χ3n) is 5.56. The lowest BCUT2D eigenvalue weighted by Gasteiger charge is -2.39. The average Bonchev–Trinajstić information content (AvgIpc) is 3.57. The van der Waals surface area contributed by atoms with Crippen LogP contribution in [0.2, 0.25) is 0 Å². The van der Waals surface area contributed by atoms with Crippen LogP contribution in [0.3, 0.4) is 0 Å². The van der Waals surface area contributed by atoms with Gasteiger partial charge in [-0.1, -0.05) is 6.07 Å². The highest BCUT2D eigenvalue weighted by Crippen LogP contribution is 2.88. The van der Waals surface area contributed by atoms with Crippen LogP contribution in [0.25, 0.3) is 11.5 Å². The maximum atomic E-state index is 15.0. The minimum atomic E-state index is -3.57. The first-order valence-electron chi connectivity index (χ1n) is 11.0. The first kappa shape index (κ1) is 24.6. The van der Waals surface area contributed by atoms with Crippen LogP contribution in [0, 0.1) is 12.7 Å². The zero-order valence-corrected chi connectivity index (χ0v) is 20.7. The van der Waals surface area contributed by atoms with Crippen molar-refractivity contribution in [2.24, 2.45) is 0 Å². The fraction of sp³-hybridized carbons (Fsp3) is 0.364. The van der Waals surface area contributed by atoms with E-state index in [1.165, 1.54) is 18.2 Å². The zero-order chi connectivity index (χ0) is 24.5. The molecule has 0 unspecified atom stereocenters. The highest BCUT2D eigenvalue weighted by Gasteiger charge is 2.57. The monoisotopic (exact) mass is 526 g/mol. The van der Waals surface area contributed by atoms with Crippen LogP contribution >= 0.6 is 15.9 Å². The first-order valence-corrected chi connectivity index (χ1v) is 14.3. The largest absolute Gasteiger partial charge is 0.490 e. The number of pyridine rings is 1. The molecule has 2 aliphatic rings. The third kappa shape index (κ3) is 5.09. The summed E-state index contributed by atoms with van der Waals surface area (Å²) < 4.78 is 48.1. The molecule has 5 rings (SSSR count). The van der Waals surface area contributed by atoms with Crippen LogP contribution < -0.4 is 4.74 Å². The molecule has 0 amide bonds. The number of benzene rings is 1. The summed E-state index contributed by atoms with van der Waals surface area (Å²) in [5.41, 5.74) is 1.77. The molecule has 3 aromatic rings. The van der Waals surface area contributed by atoms with Crippen molar-refractivity contribution < 1.29 is 41.4 Å². The van der Waals surface area contributed by atoms with Crippen LogP contribution in [0.1, 0.15) is 22.4 Å². The highest BCUT2D eigenvalue weighted by molar-refractivity contribution is 7.78. The summed E-state index contributed by atoms with van der Waals surface area (Å²) in [4.78, 5) is 30.4. The molecule has 1 aromatic carbocycles. The molecule has 188 valence electrons. The van der Waals surface area contributed by atoms with E-state index in [0.29, 0.717) is 23.8 Å². The smallest absolute Gasteiger partial charge is 0.249 e. The molecule has 4 heterocycles. The second-order valence-corrected chi connectivity index (χ2v) is 12.6. The molecule has 2 N–H and O–H groups in total. The maximum absolute atomic E-state index is 15.0. The van der Waals surface area contributed by atoms with Crippen molar-refractivity contribution >= 4 is 15.9 Å². The van der Waals surface area contributed by atoms with Crippen molar-refractivity contribution in [2.75, 3.05) is 33.0 Å². The summed E-state index contributed by atoms with van der Waals surface area (Å²) >= 11 is 0. The van der Waals surface area contributed by atoms with E-state index in [1.54, 1.807) is 24.5 Å². The molecule has 0 bridgehead atoms. The Morgan fingerprint density at radius 1 is 1.00 bits per heavy atom. The van der Waals surface area contributed by atoms with E-state index in [0.717, 1.165) is 5.56 Å². The summed E-state index contributed by atoms with van der Waals surface area (Å²) in [6.45, 7) is 2.62. The Balaban J connectivity index is 1.29. The van der Waals surface area contributed by atoms with Crippen molar-refractivity contribution in [3.8, 4) is 17.2 Å². The number of hydrogen-bond donors (Lipinski definition) is 2. The Labute approximate surface area is 202 Å². The molecule has 0 spiro atoms. The summed E-state index contributed by atoms with van der Waals surface area (Å²) in [6, 6.07) is 7.75. The number of aromatic nitrogens is 2. The van der Waals surface area contributed by atoms with Crippen LogP contribution in [-0.4, -0.2) is 52.8 Å². The van der Waals surface area contributed by atoms with Crippen molar-refractivity contribution in [1.29, 1.82) is 0 Å². The normalized spacial score (nSPS) is 18.9. The van der Waals surface area contributed by atoms with Gasteiger partial charge in [0.2, 0.25) is 21.8 Å². The minimum absolute atomic E-state index is 0.0140. The van der Waals surface area contributed by atoms with Crippen LogP contribution in [0.15, 0.2) is 47.1 Å². The Hall–Kier alpha value is -2.07. The molecule has 0 aliphatic carbocycles. The number of halogens is 1. The Bertz CT molecular complexity index is 1150. The molecular formula is C22H25FN2O8P2. The number of nitrogens with zero attached hydrogens (tertiary/aromatic N) is 2. The van der Waals surface area contributed by atoms with Gasteiger partial charge in [0, 0.05) is 24.4 Å². The first-order chi connectivity index (χ1) is 16.9. The summed E-state index contributed by atoms with van der Waals surface area (Å²) in [7, 11) is -7.14. The fourth-order valence-electron chi connectivity index (χ4n) is 3.92. The molecule has 2 fully saturated rings. The Morgan fingerprint density at radius 3 is 2.23 bits per heavy atom. The number of rotatable bonds is 8. The Morgan fingerprint density at radius 2 is 1.63 bits per heavy atom. The number of oxazole rings is 1. The molecule has 10 nitrogen and oxygen atoms in total. The van der Waals surface area contributed by atoms with Gasteiger partial charge in [-0.05, 0) is 36.8 Å². The predicted molar refractivity (Wildman–Crippen MR) is 125 cm³/mol. The fourth-order valence-corrected chi connectivity index (χ4v) is 9.33. The molecule has 35 heavy (non-hydrogen) atoms. The lowest BCUT2D eigenvalue weighted by atomic mass is 10.2. The molecule has 2 aromatic heterocycles. The summed E-state index contributed by atoms with van der Waals surface area (Å²) in [6.07, 6.45) is 3.72. The molecule has 0 atom stereocenters. The van der Waals surface area contributed by atoms with Gasteiger partial charge in [0.15, 0.2) is 17.0 Å². The number of ether oxygens (including phenoxy) is 1. The second kappa shape index (κ2) is 10.1. The third-order valence-corrected chi connectivity index (χ3v) is 11.4. The maximum Gasteiger partial charge on any atom is 0.249 e. The summed E-state index contributed by atoms with van der Waals surface area (Å²) in [5, 5.41) is -1.16. The van der Waals surface area contributed by atoms with Gasteiger partial charge in [-0.15, -0.1) is 0 Å². The van der Waals surface area contributed by atoms with Gasteiger partial charge in [0.25, 0.3) is 0 Å². The molecule has 2 saturated heterocycles. The van der Waals surface area contributed by atoms with Gasteiger partial charge < -0.3 is 37.0 Å². The quantitative estimate of drug-likeness (QED) is 0.408. The SMILES string of the molecule is Cc1oc(-c2ccncc2)nc1CCOc1ccc(C([P]2(O)OCCO2)[P]2(O)OCCO2)cc1F. The van der Waals surface area contributed by atoms with Crippen molar-refractivity contribution in [2.45, 2.75) is 18.7 Å². The van der Waals surface area contributed by atoms with Crippen LogP contribution in [-0.2, 0) is 24.5 Å². The predicted octanol–water partition coefficient (Wildman–Crippen LogP) is 4.41. The van der Waals surface area contributed by atoms with Crippen molar-refractivity contribution in [3.63, 3.8) is 0 Å². The van der Waals surface area contributed by atoms with Gasteiger partial charge in [0.1, 0.15) is 5.76 Å². The van der Waals surface area contributed by atoms with Gasteiger partial charge in [-0.25, -0.2) is 9.37 Å². The Kier molecular flexibility index (Phi) is 7.12. The highest BCUT2D eigenvalue weighted by atomic mass is 31.3. The van der Waals surface area contributed by atoms with E-state index in [-0.39, 0.29) is 44.3 Å². The lowest BCUT2D eigenvalue weighted by Crippen LogP contribution is -2.13. The van der Waals surface area contributed by atoms with E-state index in [9.17, 15) is 14.2 Å². The van der Waals surface area contributed by atoms with Gasteiger partial charge in [-0.2, -0.15) is 0 Å². The number of hydrogen-bond acceptors (Lipinski definition) is 10. The topological polar surface area (TPSA) is 126 Å². The van der Waals surface area contributed by atoms with E-state index < -0.39 is 27.1 Å². The van der Waals surface area contributed by atoms with Gasteiger partial charge >= 0.3 is 0 Å². The lowest BCUT2D eigenvalue weighted by molar-refractivity contribution is 0.275. The molecule has 2 aliphatic heterocycles. The molecule has 2 radical (unpaired) electrons. The van der Waals surface area contributed by atoms with Crippen molar-refractivity contribution in [3.05, 3.63) is 65.6 Å². The summed E-state index contributed by atoms with van der Waals surface area (Å²) in [5.74, 6) is 0.483. The van der Waals surface area contributed by atoms with Crippen LogP contribution in [0.5, 0.6) is 5.75 Å². The van der Waals surface area contributed by atoms with E-state index in [1.807, 2.05) is 6.92 Å². The van der Waals surface area contributed by atoms with Gasteiger partial charge in [0.05, 0.1) is 38.7 Å². The van der Waals surface area contributed by atoms with Gasteiger partial charge in [-0.3, -0.25) is 4.98 Å². The van der Waals surface area contributed by atoms with Crippen molar-refractivity contribution in [1.82, 2.24) is 9.97 Å². The molecular weight excluding hydrogens is 501 g/mol. The number of aryl methyl sites for hydroxylation is 1. The van der Waals surface area contributed by atoms with Crippen LogP contribution in [0.4, 0.5) is 4.39 Å². The van der Waals surface area contributed by atoms with E-state index in [2.05, 4.69) is 9.97 Å². The molecule has 0 saturated carbocycles. The molecule has 13 heteroatoms. The zero-order valence-electron chi connectivity index (χ0n) is 18.9. The van der Waals surface area contributed by atoms with E-state index in [4.69, 9.17) is 27.2 Å². The average molecular weight is 526 g/mol. The standard InChI is InChI=1S/C22H25FN2O8P2/c1-15-19(25-21(33-15)16-4-7-24-8-5-16)6-9-28-20-3-2-17(14-18(20)23)22(34(26)29-10-11-30-34)35(27)31-12-13-32-35/h2-5,7-8,14,22,26-27H,6,9-13H2,1H3. The van der Waals surface area contributed by atoms with E-state index >= 15 is 0 Å². The minimum Gasteiger partial charge on any atom is -0.490 e.